The molecule has 7 heteroatoms. The van der Waals surface area contributed by atoms with Crippen LogP contribution in [0.4, 0.5) is 0 Å². The molecule has 0 spiro atoms. The van der Waals surface area contributed by atoms with E-state index in [1.165, 1.54) is 0 Å². The maximum Gasteiger partial charge on any atom is 0.274 e. The highest BCUT2D eigenvalue weighted by Crippen LogP contribution is 2.22. The molecule has 1 amide bonds. The zero-order valence-corrected chi connectivity index (χ0v) is 12.0. The van der Waals surface area contributed by atoms with Crippen LogP contribution in [0.15, 0.2) is 33.4 Å². The molecule has 112 valence electrons. The van der Waals surface area contributed by atoms with E-state index in [9.17, 15) is 4.79 Å². The van der Waals surface area contributed by atoms with Gasteiger partial charge in [-0.15, -0.1) is 0 Å². The summed E-state index contributed by atoms with van der Waals surface area (Å²) in [4.78, 5) is 14.3. The lowest BCUT2D eigenvalue weighted by Gasteiger charge is -2.24. The van der Waals surface area contributed by atoms with E-state index in [2.05, 4.69) is 15.4 Å². The summed E-state index contributed by atoms with van der Waals surface area (Å²) >= 11 is 0. The van der Waals surface area contributed by atoms with E-state index < -0.39 is 0 Å². The van der Waals surface area contributed by atoms with Crippen molar-refractivity contribution in [2.75, 3.05) is 6.54 Å². The Labute approximate surface area is 125 Å². The number of rotatable bonds is 2. The number of furan rings is 1. The molecule has 0 aromatic carbocycles. The maximum atomic E-state index is 12.5. The highest BCUT2D eigenvalue weighted by molar-refractivity contribution is 5.93. The van der Waals surface area contributed by atoms with E-state index in [1.54, 1.807) is 17.2 Å². The van der Waals surface area contributed by atoms with Crippen LogP contribution >= 0.6 is 0 Å². The van der Waals surface area contributed by atoms with Crippen molar-refractivity contribution in [2.45, 2.75) is 19.9 Å². The molecule has 0 saturated carbocycles. The number of hydrogen-bond donors (Lipinski definition) is 1. The van der Waals surface area contributed by atoms with Gasteiger partial charge in [0.25, 0.3) is 5.91 Å². The second kappa shape index (κ2) is 4.87. The number of H-pyrrole nitrogens is 1. The lowest BCUT2D eigenvalue weighted by Crippen LogP contribution is -2.35. The van der Waals surface area contributed by atoms with Crippen LogP contribution in [0.25, 0.3) is 11.5 Å². The third kappa shape index (κ3) is 2.11. The first kappa shape index (κ1) is 12.9. The van der Waals surface area contributed by atoms with E-state index in [0.29, 0.717) is 36.7 Å². The fourth-order valence-corrected chi connectivity index (χ4v) is 2.61. The molecule has 0 aliphatic carbocycles. The lowest BCUT2D eigenvalue weighted by molar-refractivity contribution is 0.0728. The summed E-state index contributed by atoms with van der Waals surface area (Å²) in [6.45, 7) is 2.98. The maximum absolute atomic E-state index is 12.5. The van der Waals surface area contributed by atoms with Crippen molar-refractivity contribution in [3.63, 3.8) is 0 Å². The number of nitrogens with zero attached hydrogens (tertiary/aromatic N) is 3. The Bertz CT molecular complexity index is 829. The summed E-state index contributed by atoms with van der Waals surface area (Å²) in [6, 6.07) is 5.43. The van der Waals surface area contributed by atoms with Crippen molar-refractivity contribution in [2.24, 2.45) is 0 Å². The van der Waals surface area contributed by atoms with Gasteiger partial charge in [0.2, 0.25) is 0 Å². The third-order valence-corrected chi connectivity index (χ3v) is 3.80. The molecule has 0 saturated heterocycles. The number of nitrogens with one attached hydrogen (secondary N) is 1. The molecule has 1 aliphatic heterocycles. The summed E-state index contributed by atoms with van der Waals surface area (Å²) in [7, 11) is 0. The number of aromatic amines is 1. The molecule has 0 radical (unpaired) electrons. The third-order valence-electron chi connectivity index (χ3n) is 3.80. The molecule has 1 N–H and O–H groups in total. The highest BCUT2D eigenvalue weighted by atomic mass is 16.5. The van der Waals surface area contributed by atoms with Crippen molar-refractivity contribution in [1.82, 2.24) is 20.3 Å². The first-order valence-corrected chi connectivity index (χ1v) is 7.04. The van der Waals surface area contributed by atoms with Crippen LogP contribution in [0, 0.1) is 6.92 Å². The van der Waals surface area contributed by atoms with E-state index in [0.717, 1.165) is 17.0 Å². The first-order valence-electron chi connectivity index (χ1n) is 7.04. The first-order chi connectivity index (χ1) is 10.7. The van der Waals surface area contributed by atoms with Crippen LogP contribution < -0.4 is 0 Å². The van der Waals surface area contributed by atoms with Crippen molar-refractivity contribution in [3.8, 4) is 11.5 Å². The Balaban J connectivity index is 1.55. The SMILES string of the molecule is Cc1ccc(-c2cc(C(=O)N3CCc4nocc4C3)n[nH]2)o1. The van der Waals surface area contributed by atoms with Gasteiger partial charge < -0.3 is 13.8 Å². The average Bonchev–Trinajstić information content (AvgIpc) is 3.25. The summed E-state index contributed by atoms with van der Waals surface area (Å²) < 4.78 is 10.5. The summed E-state index contributed by atoms with van der Waals surface area (Å²) in [6.07, 6.45) is 2.29. The molecule has 0 fully saturated rings. The second-order valence-corrected chi connectivity index (χ2v) is 5.34. The van der Waals surface area contributed by atoms with Gasteiger partial charge in [-0.05, 0) is 19.1 Å². The topological polar surface area (TPSA) is 88.2 Å². The minimum absolute atomic E-state index is 0.113. The Morgan fingerprint density at radius 3 is 3.14 bits per heavy atom. The molecule has 4 rings (SSSR count). The minimum atomic E-state index is -0.113. The summed E-state index contributed by atoms with van der Waals surface area (Å²) in [5, 5.41) is 10.9. The monoisotopic (exact) mass is 298 g/mol. The Morgan fingerprint density at radius 1 is 1.41 bits per heavy atom. The molecular weight excluding hydrogens is 284 g/mol. The van der Waals surface area contributed by atoms with Crippen LogP contribution in [-0.4, -0.2) is 32.7 Å². The standard InChI is InChI=1S/C15H14N4O3/c1-9-2-3-14(22-9)12-6-13(17-16-12)15(20)19-5-4-11-10(7-19)8-21-18-11/h2-3,6,8H,4-5,7H2,1H3,(H,16,17). The number of aryl methyl sites for hydroxylation is 1. The predicted molar refractivity (Wildman–Crippen MR) is 76.0 cm³/mol. The van der Waals surface area contributed by atoms with E-state index in [4.69, 9.17) is 8.94 Å². The molecule has 7 nitrogen and oxygen atoms in total. The molecule has 0 bridgehead atoms. The number of hydrogen-bond acceptors (Lipinski definition) is 5. The largest absolute Gasteiger partial charge is 0.460 e. The van der Waals surface area contributed by atoms with E-state index in [-0.39, 0.29) is 5.91 Å². The van der Waals surface area contributed by atoms with Crippen LogP contribution in [0.5, 0.6) is 0 Å². The molecule has 3 aromatic heterocycles. The van der Waals surface area contributed by atoms with Crippen LogP contribution in [-0.2, 0) is 13.0 Å². The van der Waals surface area contributed by atoms with Gasteiger partial charge in [-0.2, -0.15) is 5.10 Å². The number of carbonyl (C=O) groups excluding carboxylic acids is 1. The molecule has 0 atom stereocenters. The zero-order chi connectivity index (χ0) is 15.1. The fraction of sp³-hybridized carbons (Fsp3) is 0.267. The zero-order valence-electron chi connectivity index (χ0n) is 12.0. The van der Waals surface area contributed by atoms with E-state index >= 15 is 0 Å². The molecule has 1 aliphatic rings. The van der Waals surface area contributed by atoms with E-state index in [1.807, 2.05) is 19.1 Å². The number of fused-ring (bicyclic) bond motifs is 1. The van der Waals surface area contributed by atoms with Crippen molar-refractivity contribution in [1.29, 1.82) is 0 Å². The molecule has 0 unspecified atom stereocenters. The molecular formula is C15H14N4O3. The molecule has 22 heavy (non-hydrogen) atoms. The number of carbonyl (C=O) groups is 1. The Kier molecular flexibility index (Phi) is 2.85. The van der Waals surface area contributed by atoms with Gasteiger partial charge in [-0.3, -0.25) is 9.89 Å². The summed E-state index contributed by atoms with van der Waals surface area (Å²) in [5.41, 5.74) is 2.96. The van der Waals surface area contributed by atoms with Gasteiger partial charge in [-0.1, -0.05) is 5.16 Å². The fourth-order valence-electron chi connectivity index (χ4n) is 2.61. The van der Waals surface area contributed by atoms with Crippen molar-refractivity contribution >= 4 is 5.91 Å². The van der Waals surface area contributed by atoms with Gasteiger partial charge in [0.1, 0.15) is 17.7 Å². The predicted octanol–water partition coefficient (Wildman–Crippen LogP) is 2.16. The normalized spacial score (nSPS) is 14.1. The quantitative estimate of drug-likeness (QED) is 0.783. The van der Waals surface area contributed by atoms with Crippen LogP contribution in [0.2, 0.25) is 0 Å². The minimum Gasteiger partial charge on any atom is -0.460 e. The summed E-state index contributed by atoms with van der Waals surface area (Å²) in [5.74, 6) is 1.37. The molecule has 4 heterocycles. The van der Waals surface area contributed by atoms with Crippen LogP contribution in [0.3, 0.4) is 0 Å². The van der Waals surface area contributed by atoms with Gasteiger partial charge in [-0.25, -0.2) is 0 Å². The van der Waals surface area contributed by atoms with Gasteiger partial charge in [0.05, 0.1) is 12.2 Å². The van der Waals surface area contributed by atoms with Crippen molar-refractivity contribution < 1.29 is 13.7 Å². The van der Waals surface area contributed by atoms with Gasteiger partial charge >= 0.3 is 0 Å². The Hall–Kier alpha value is -2.83. The number of amides is 1. The van der Waals surface area contributed by atoms with Crippen molar-refractivity contribution in [3.05, 3.63) is 47.2 Å². The lowest BCUT2D eigenvalue weighted by atomic mass is 10.1. The number of aromatic nitrogens is 3. The molecule has 3 aromatic rings. The smallest absolute Gasteiger partial charge is 0.274 e. The van der Waals surface area contributed by atoms with Gasteiger partial charge in [0, 0.05) is 24.6 Å². The second-order valence-electron chi connectivity index (χ2n) is 5.34. The average molecular weight is 298 g/mol. The van der Waals surface area contributed by atoms with Gasteiger partial charge in [0.15, 0.2) is 11.5 Å². The van der Waals surface area contributed by atoms with Crippen LogP contribution in [0.1, 0.15) is 27.5 Å². The highest BCUT2D eigenvalue weighted by Gasteiger charge is 2.25. The Morgan fingerprint density at radius 2 is 2.32 bits per heavy atom.